The van der Waals surface area contributed by atoms with Crippen LogP contribution in [0.3, 0.4) is 0 Å². The smallest absolute Gasteiger partial charge is 0.326 e. The first-order chi connectivity index (χ1) is 14.3. The minimum Gasteiger partial charge on any atom is -0.434 e. The van der Waals surface area contributed by atoms with Gasteiger partial charge in [-0.3, -0.25) is 20.2 Å². The van der Waals surface area contributed by atoms with E-state index >= 15 is 0 Å². The average molecular weight is 476 g/mol. The van der Waals surface area contributed by atoms with E-state index in [-0.39, 0.29) is 22.9 Å². The summed E-state index contributed by atoms with van der Waals surface area (Å²) in [7, 11) is 0. The van der Waals surface area contributed by atoms with Crippen molar-refractivity contribution < 1.29 is 23.6 Å². The number of nitro groups is 1. The molecule has 3 aromatic rings. The number of imide groups is 1. The summed E-state index contributed by atoms with van der Waals surface area (Å²) < 4.78 is 20.0. The van der Waals surface area contributed by atoms with Crippen molar-refractivity contribution in [2.45, 2.75) is 0 Å². The molecule has 10 nitrogen and oxygen atoms in total. The van der Waals surface area contributed by atoms with E-state index in [4.69, 9.17) is 4.74 Å². The number of para-hydroxylation sites is 1. The van der Waals surface area contributed by atoms with Crippen LogP contribution in [-0.4, -0.2) is 27.1 Å². The van der Waals surface area contributed by atoms with Crippen molar-refractivity contribution in [3.63, 3.8) is 0 Å². The van der Waals surface area contributed by atoms with Crippen LogP contribution < -0.4 is 15.4 Å². The van der Waals surface area contributed by atoms with Crippen LogP contribution in [0.25, 0.3) is 0 Å². The molecule has 3 amide bonds. The molecule has 1 heterocycles. The third kappa shape index (κ3) is 5.11. The van der Waals surface area contributed by atoms with Crippen LogP contribution in [0.1, 0.15) is 10.4 Å². The van der Waals surface area contributed by atoms with Gasteiger partial charge in [0, 0.05) is 23.9 Å². The van der Waals surface area contributed by atoms with E-state index in [2.05, 4.69) is 31.4 Å². The largest absolute Gasteiger partial charge is 0.434 e. The number of aromatic nitrogens is 2. The first kappa shape index (κ1) is 20.8. The fourth-order valence-electron chi connectivity index (χ4n) is 2.29. The molecule has 30 heavy (non-hydrogen) atoms. The molecule has 0 spiro atoms. The Labute approximate surface area is 176 Å². The molecule has 2 aromatic carbocycles. The van der Waals surface area contributed by atoms with Gasteiger partial charge in [-0.05, 0) is 40.2 Å². The molecule has 3 rings (SSSR count). The molecule has 0 bridgehead atoms. The van der Waals surface area contributed by atoms with E-state index < -0.39 is 28.4 Å². The maximum Gasteiger partial charge on any atom is 0.326 e. The second kappa shape index (κ2) is 9.05. The molecule has 12 heteroatoms. The van der Waals surface area contributed by atoms with Gasteiger partial charge in [-0.25, -0.2) is 9.18 Å². The van der Waals surface area contributed by atoms with Crippen molar-refractivity contribution in [3.8, 4) is 11.6 Å². The molecule has 0 atom stereocenters. The zero-order valence-electron chi connectivity index (χ0n) is 14.8. The number of nitro benzene ring substituents is 1. The zero-order chi connectivity index (χ0) is 21.7. The van der Waals surface area contributed by atoms with Crippen molar-refractivity contribution >= 4 is 39.2 Å². The molecular weight excluding hydrogens is 465 g/mol. The number of carbonyl (C=O) groups excluding carboxylic acids is 2. The normalized spacial score (nSPS) is 10.2. The number of nitrogens with one attached hydrogen (secondary N) is 2. The minimum atomic E-state index is -0.995. The van der Waals surface area contributed by atoms with Gasteiger partial charge in [0.2, 0.25) is 5.88 Å². The van der Waals surface area contributed by atoms with Crippen molar-refractivity contribution in [3.05, 3.63) is 80.7 Å². The summed E-state index contributed by atoms with van der Waals surface area (Å²) in [4.78, 5) is 34.4. The number of halogens is 2. The molecule has 0 saturated heterocycles. The van der Waals surface area contributed by atoms with E-state index in [1.165, 1.54) is 36.4 Å². The second-order valence-electron chi connectivity index (χ2n) is 5.62. The first-order valence-electron chi connectivity index (χ1n) is 8.16. The number of rotatable bonds is 5. The maximum atomic E-state index is 14.2. The predicted molar refractivity (Wildman–Crippen MR) is 106 cm³/mol. The molecule has 0 aliphatic heterocycles. The van der Waals surface area contributed by atoms with Gasteiger partial charge in [-0.15, -0.1) is 10.2 Å². The van der Waals surface area contributed by atoms with E-state index in [9.17, 15) is 24.1 Å². The van der Waals surface area contributed by atoms with Crippen LogP contribution in [-0.2, 0) is 0 Å². The van der Waals surface area contributed by atoms with Gasteiger partial charge in [-0.1, -0.05) is 12.1 Å². The minimum absolute atomic E-state index is 0.0228. The molecule has 0 fully saturated rings. The van der Waals surface area contributed by atoms with Crippen LogP contribution in [0, 0.1) is 15.9 Å². The lowest BCUT2D eigenvalue weighted by molar-refractivity contribution is -0.385. The summed E-state index contributed by atoms with van der Waals surface area (Å²) in [5, 5.41) is 22.6. The summed E-state index contributed by atoms with van der Waals surface area (Å²) in [6, 6.07) is 10.7. The fourth-order valence-corrected chi connectivity index (χ4v) is 2.50. The Balaban J connectivity index is 1.65. The molecule has 152 valence electrons. The highest BCUT2D eigenvalue weighted by atomic mass is 79.9. The van der Waals surface area contributed by atoms with Crippen molar-refractivity contribution in [1.82, 2.24) is 15.5 Å². The quantitative estimate of drug-likeness (QED) is 0.419. The lowest BCUT2D eigenvalue weighted by Gasteiger charge is -2.09. The Kier molecular flexibility index (Phi) is 6.27. The highest BCUT2D eigenvalue weighted by Crippen LogP contribution is 2.25. The number of nitrogens with zero attached hydrogens (tertiary/aromatic N) is 3. The molecule has 0 aliphatic carbocycles. The van der Waals surface area contributed by atoms with Crippen LogP contribution in [0.4, 0.5) is 20.6 Å². The summed E-state index contributed by atoms with van der Waals surface area (Å²) in [6.07, 6.45) is 0. The highest BCUT2D eigenvalue weighted by Gasteiger charge is 2.21. The maximum absolute atomic E-state index is 14.2. The molecule has 1 aromatic heterocycles. The van der Waals surface area contributed by atoms with E-state index in [0.717, 1.165) is 12.1 Å². The lowest BCUT2D eigenvalue weighted by Crippen LogP contribution is -2.34. The molecule has 0 aliphatic rings. The third-order valence-electron chi connectivity index (χ3n) is 3.58. The van der Waals surface area contributed by atoms with Crippen LogP contribution >= 0.6 is 15.9 Å². The van der Waals surface area contributed by atoms with Crippen molar-refractivity contribution in [2.75, 3.05) is 5.32 Å². The SMILES string of the molecule is O=C(NC(=O)c1ccccc1[N+](=O)[O-])Nc1ccc(Oc2ccc(Br)nn2)c(F)c1. The lowest BCUT2D eigenvalue weighted by atomic mass is 10.1. The number of carbonyl (C=O) groups is 2. The number of hydrogen-bond donors (Lipinski definition) is 2. The summed E-state index contributed by atoms with van der Waals surface area (Å²) in [6.45, 7) is 0. The molecule has 0 unspecified atom stereocenters. The Bertz CT molecular complexity index is 1130. The van der Waals surface area contributed by atoms with E-state index in [0.29, 0.717) is 4.60 Å². The van der Waals surface area contributed by atoms with Gasteiger partial charge in [0.25, 0.3) is 11.6 Å². The van der Waals surface area contributed by atoms with Gasteiger partial charge in [0.05, 0.1) is 4.92 Å². The zero-order valence-corrected chi connectivity index (χ0v) is 16.4. The fraction of sp³-hybridized carbons (Fsp3) is 0. The first-order valence-corrected chi connectivity index (χ1v) is 8.95. The topological polar surface area (TPSA) is 136 Å². The Morgan fingerprint density at radius 3 is 2.53 bits per heavy atom. The molecule has 0 saturated carbocycles. The predicted octanol–water partition coefficient (Wildman–Crippen LogP) is 4.04. The average Bonchev–Trinajstić information content (AvgIpc) is 2.71. The van der Waals surface area contributed by atoms with Crippen LogP contribution in [0.2, 0.25) is 0 Å². The van der Waals surface area contributed by atoms with Gasteiger partial charge in [-0.2, -0.15) is 0 Å². The standard InChI is InChI=1S/C18H11BrFN5O5/c19-15-7-8-16(24-23-15)30-14-6-5-10(9-12(14)20)21-18(27)22-17(26)11-3-1-2-4-13(11)25(28)29/h1-9H,(H2,21,22,26,27). The van der Waals surface area contributed by atoms with Crippen molar-refractivity contribution in [2.24, 2.45) is 0 Å². The van der Waals surface area contributed by atoms with Gasteiger partial charge < -0.3 is 10.1 Å². The third-order valence-corrected chi connectivity index (χ3v) is 4.01. The Hall–Kier alpha value is -3.93. The second-order valence-corrected chi connectivity index (χ2v) is 6.44. The summed E-state index contributed by atoms with van der Waals surface area (Å²) in [5.41, 5.74) is -0.718. The number of hydrogen-bond acceptors (Lipinski definition) is 7. The number of ether oxygens (including phenoxy) is 1. The Morgan fingerprint density at radius 2 is 1.87 bits per heavy atom. The van der Waals surface area contributed by atoms with E-state index in [1.54, 1.807) is 6.07 Å². The molecular formula is C18H11BrFN5O5. The molecule has 0 radical (unpaired) electrons. The van der Waals surface area contributed by atoms with Gasteiger partial charge >= 0.3 is 6.03 Å². The number of urea groups is 1. The van der Waals surface area contributed by atoms with Crippen LogP contribution in [0.5, 0.6) is 11.6 Å². The number of benzene rings is 2. The Morgan fingerprint density at radius 1 is 1.10 bits per heavy atom. The monoisotopic (exact) mass is 475 g/mol. The van der Waals surface area contributed by atoms with Gasteiger partial charge in [0.15, 0.2) is 11.6 Å². The molecule has 2 N–H and O–H groups in total. The summed E-state index contributed by atoms with van der Waals surface area (Å²) >= 11 is 3.11. The van der Waals surface area contributed by atoms with Crippen LogP contribution in [0.15, 0.2) is 59.2 Å². The highest BCUT2D eigenvalue weighted by molar-refractivity contribution is 9.10. The van der Waals surface area contributed by atoms with Crippen molar-refractivity contribution in [1.29, 1.82) is 0 Å². The van der Waals surface area contributed by atoms with Gasteiger partial charge in [0.1, 0.15) is 10.2 Å². The number of amides is 3. The number of anilines is 1. The summed E-state index contributed by atoms with van der Waals surface area (Å²) in [5.74, 6) is -1.88. The van der Waals surface area contributed by atoms with E-state index in [1.807, 2.05) is 5.32 Å².